The number of hydrogen-bond acceptors (Lipinski definition) is 3. The zero-order valence-corrected chi connectivity index (χ0v) is 10.1. The third-order valence-corrected chi connectivity index (χ3v) is 2.54. The van der Waals surface area contributed by atoms with Crippen molar-refractivity contribution in [3.8, 4) is 0 Å². The molecule has 0 amide bonds. The van der Waals surface area contributed by atoms with E-state index in [1.54, 1.807) is 12.4 Å². The predicted molar refractivity (Wildman–Crippen MR) is 71.1 cm³/mol. The molecule has 0 atom stereocenters. The van der Waals surface area contributed by atoms with Crippen molar-refractivity contribution in [3.63, 3.8) is 0 Å². The minimum Gasteiger partial charge on any atom is -0.397 e. The lowest BCUT2D eigenvalue weighted by Crippen LogP contribution is -1.93. The van der Waals surface area contributed by atoms with E-state index in [1.807, 2.05) is 24.3 Å². The molecule has 0 saturated carbocycles. The summed E-state index contributed by atoms with van der Waals surface area (Å²) in [4.78, 5) is 4.01. The molecule has 2 rings (SSSR count). The minimum atomic E-state index is 0.658. The van der Waals surface area contributed by atoms with E-state index < -0.39 is 0 Å². The van der Waals surface area contributed by atoms with E-state index in [0.717, 1.165) is 11.4 Å². The Morgan fingerprint density at radius 1 is 1.13 bits per heavy atom. The monoisotopic (exact) mass is 311 g/mol. The molecular formula is C11H10IN3. The van der Waals surface area contributed by atoms with Gasteiger partial charge in [0.05, 0.1) is 17.6 Å². The lowest BCUT2D eigenvalue weighted by atomic mass is 10.3. The Bertz CT molecular complexity index is 427. The molecule has 1 heterocycles. The Labute approximate surface area is 102 Å². The zero-order chi connectivity index (χ0) is 10.7. The molecule has 0 fully saturated rings. The quantitative estimate of drug-likeness (QED) is 0.838. The van der Waals surface area contributed by atoms with Crippen LogP contribution in [0.4, 0.5) is 17.1 Å². The molecule has 0 saturated heterocycles. The third kappa shape index (κ3) is 2.82. The molecule has 76 valence electrons. The maximum Gasteiger partial charge on any atom is 0.0591 e. The highest BCUT2D eigenvalue weighted by Gasteiger charge is 1.96. The van der Waals surface area contributed by atoms with Gasteiger partial charge in [-0.05, 0) is 46.9 Å². The summed E-state index contributed by atoms with van der Waals surface area (Å²) >= 11 is 2.27. The molecule has 0 aliphatic heterocycles. The van der Waals surface area contributed by atoms with Gasteiger partial charge in [-0.25, -0.2) is 0 Å². The first-order valence-electron chi connectivity index (χ1n) is 4.47. The van der Waals surface area contributed by atoms with Crippen LogP contribution in [0.1, 0.15) is 0 Å². The Morgan fingerprint density at radius 3 is 2.73 bits per heavy atom. The average molecular weight is 311 g/mol. The molecule has 0 aliphatic carbocycles. The van der Waals surface area contributed by atoms with Crippen LogP contribution < -0.4 is 11.1 Å². The zero-order valence-electron chi connectivity index (χ0n) is 7.94. The van der Waals surface area contributed by atoms with E-state index in [-0.39, 0.29) is 0 Å². The second-order valence-electron chi connectivity index (χ2n) is 3.14. The number of nitrogen functional groups attached to an aromatic ring is 1. The molecule has 1 aromatic heterocycles. The van der Waals surface area contributed by atoms with Gasteiger partial charge in [-0.3, -0.25) is 4.98 Å². The minimum absolute atomic E-state index is 0.658. The van der Waals surface area contributed by atoms with Gasteiger partial charge in [0.15, 0.2) is 0 Å². The number of hydrogen-bond donors (Lipinski definition) is 2. The van der Waals surface area contributed by atoms with Crippen LogP contribution in [0.3, 0.4) is 0 Å². The van der Waals surface area contributed by atoms with Gasteiger partial charge in [-0.15, -0.1) is 0 Å². The van der Waals surface area contributed by atoms with Gasteiger partial charge in [0.2, 0.25) is 0 Å². The molecule has 4 heteroatoms. The fourth-order valence-electron chi connectivity index (χ4n) is 1.26. The van der Waals surface area contributed by atoms with Crippen LogP contribution in [-0.4, -0.2) is 4.98 Å². The molecular weight excluding hydrogens is 301 g/mol. The number of benzene rings is 1. The number of anilines is 3. The molecule has 0 aliphatic rings. The SMILES string of the molecule is Nc1cncc(Nc2cccc(I)c2)c1. The number of rotatable bonds is 2. The second-order valence-corrected chi connectivity index (χ2v) is 4.39. The number of aromatic nitrogens is 1. The molecule has 0 unspecified atom stereocenters. The van der Waals surface area contributed by atoms with Crippen molar-refractivity contribution in [2.45, 2.75) is 0 Å². The Kier molecular flexibility index (Phi) is 3.05. The summed E-state index contributed by atoms with van der Waals surface area (Å²) in [7, 11) is 0. The first kappa shape index (κ1) is 10.2. The smallest absolute Gasteiger partial charge is 0.0591 e. The van der Waals surface area contributed by atoms with E-state index in [4.69, 9.17) is 5.73 Å². The van der Waals surface area contributed by atoms with Crippen LogP contribution in [-0.2, 0) is 0 Å². The van der Waals surface area contributed by atoms with Crippen LogP contribution in [0, 0.1) is 3.57 Å². The van der Waals surface area contributed by atoms with Crippen LogP contribution >= 0.6 is 22.6 Å². The highest BCUT2D eigenvalue weighted by molar-refractivity contribution is 14.1. The van der Waals surface area contributed by atoms with Gasteiger partial charge in [-0.1, -0.05) is 6.07 Å². The van der Waals surface area contributed by atoms with Gasteiger partial charge in [0.1, 0.15) is 0 Å². The number of nitrogens with one attached hydrogen (secondary N) is 1. The highest BCUT2D eigenvalue weighted by Crippen LogP contribution is 2.19. The molecule has 3 nitrogen and oxygen atoms in total. The number of nitrogens with two attached hydrogens (primary N) is 1. The van der Waals surface area contributed by atoms with Gasteiger partial charge in [-0.2, -0.15) is 0 Å². The standard InChI is InChI=1S/C11H10IN3/c12-8-2-1-3-10(4-8)15-11-5-9(13)6-14-7-11/h1-7,15H,13H2. The van der Waals surface area contributed by atoms with Crippen molar-refractivity contribution in [1.82, 2.24) is 4.98 Å². The average Bonchev–Trinajstić information content (AvgIpc) is 2.17. The summed E-state index contributed by atoms with van der Waals surface area (Å²) in [6.07, 6.45) is 3.37. The van der Waals surface area contributed by atoms with Crippen molar-refractivity contribution in [2.75, 3.05) is 11.1 Å². The van der Waals surface area contributed by atoms with Crippen molar-refractivity contribution < 1.29 is 0 Å². The molecule has 3 N–H and O–H groups in total. The summed E-state index contributed by atoms with van der Waals surface area (Å²) in [6.45, 7) is 0. The Morgan fingerprint density at radius 2 is 2.00 bits per heavy atom. The lowest BCUT2D eigenvalue weighted by molar-refractivity contribution is 1.32. The molecule has 2 aromatic rings. The normalized spacial score (nSPS) is 9.93. The van der Waals surface area contributed by atoms with Crippen molar-refractivity contribution >= 4 is 39.7 Å². The molecule has 0 spiro atoms. The fraction of sp³-hybridized carbons (Fsp3) is 0. The van der Waals surface area contributed by atoms with Gasteiger partial charge >= 0.3 is 0 Å². The lowest BCUT2D eigenvalue weighted by Gasteiger charge is -2.06. The Balaban J connectivity index is 2.22. The van der Waals surface area contributed by atoms with E-state index in [2.05, 4.69) is 39.0 Å². The summed E-state index contributed by atoms with van der Waals surface area (Å²) in [6, 6.07) is 9.97. The molecule has 0 bridgehead atoms. The number of pyridine rings is 1. The van der Waals surface area contributed by atoms with Gasteiger partial charge < -0.3 is 11.1 Å². The topological polar surface area (TPSA) is 50.9 Å². The molecule has 15 heavy (non-hydrogen) atoms. The molecule has 0 radical (unpaired) electrons. The summed E-state index contributed by atoms with van der Waals surface area (Å²) in [5.74, 6) is 0. The fourth-order valence-corrected chi connectivity index (χ4v) is 1.80. The van der Waals surface area contributed by atoms with Crippen molar-refractivity contribution in [1.29, 1.82) is 0 Å². The second kappa shape index (κ2) is 4.48. The van der Waals surface area contributed by atoms with E-state index in [9.17, 15) is 0 Å². The van der Waals surface area contributed by atoms with Crippen LogP contribution in [0.5, 0.6) is 0 Å². The van der Waals surface area contributed by atoms with Gasteiger partial charge in [0, 0.05) is 15.5 Å². The van der Waals surface area contributed by atoms with Crippen LogP contribution in [0.25, 0.3) is 0 Å². The van der Waals surface area contributed by atoms with E-state index >= 15 is 0 Å². The predicted octanol–water partition coefficient (Wildman–Crippen LogP) is 3.01. The van der Waals surface area contributed by atoms with Crippen LogP contribution in [0.2, 0.25) is 0 Å². The first-order valence-corrected chi connectivity index (χ1v) is 5.55. The van der Waals surface area contributed by atoms with Gasteiger partial charge in [0.25, 0.3) is 0 Å². The largest absolute Gasteiger partial charge is 0.397 e. The first-order chi connectivity index (χ1) is 7.24. The summed E-state index contributed by atoms with van der Waals surface area (Å²) < 4.78 is 1.19. The maximum absolute atomic E-state index is 5.64. The van der Waals surface area contributed by atoms with Crippen LogP contribution in [0.15, 0.2) is 42.7 Å². The molecule has 1 aromatic carbocycles. The van der Waals surface area contributed by atoms with Crippen molar-refractivity contribution in [2.24, 2.45) is 0 Å². The van der Waals surface area contributed by atoms with E-state index in [1.165, 1.54) is 3.57 Å². The number of nitrogens with zero attached hydrogens (tertiary/aromatic N) is 1. The highest BCUT2D eigenvalue weighted by atomic mass is 127. The van der Waals surface area contributed by atoms with Crippen molar-refractivity contribution in [3.05, 3.63) is 46.3 Å². The number of halogens is 1. The summed E-state index contributed by atoms with van der Waals surface area (Å²) in [5.41, 5.74) is 8.23. The summed E-state index contributed by atoms with van der Waals surface area (Å²) in [5, 5.41) is 3.24. The van der Waals surface area contributed by atoms with E-state index in [0.29, 0.717) is 5.69 Å². The maximum atomic E-state index is 5.64. The Hall–Kier alpha value is -1.30. The third-order valence-electron chi connectivity index (χ3n) is 1.87.